The molecular weight excluding hydrogens is 706 g/mol. The van der Waals surface area contributed by atoms with Crippen LogP contribution in [0.15, 0.2) is 96.4 Å². The average molecular weight is 752 g/mol. The Morgan fingerprint density at radius 3 is 2.26 bits per heavy atom. The number of carbonyl (C=O) groups is 2. The van der Waals surface area contributed by atoms with Gasteiger partial charge in [0.05, 0.1) is 16.5 Å². The van der Waals surface area contributed by atoms with Gasteiger partial charge in [-0.05, 0) is 79.3 Å². The van der Waals surface area contributed by atoms with Crippen LogP contribution in [-0.4, -0.2) is 49.1 Å². The number of carbonyl (C=O) groups excluding carboxylic acids is 2. The van der Waals surface area contributed by atoms with Crippen LogP contribution in [0.25, 0.3) is 10.1 Å². The van der Waals surface area contributed by atoms with Crippen molar-refractivity contribution < 1.29 is 28.5 Å². The summed E-state index contributed by atoms with van der Waals surface area (Å²) in [5.41, 5.74) is 6.92. The Labute approximate surface area is 320 Å². The fourth-order valence-electron chi connectivity index (χ4n) is 7.78. The molecule has 1 aromatic heterocycles. The molecule has 2 aliphatic rings. The SMILES string of the molecule is CC(=O)OC[C@H]1CC[C@H](c2ccccc2C(c2ccccc2)c2ccccc2)[C@H](Oc2cc3c(c4c(C)csc24)C(CCl)CN3C(=O)OC(C)(C)C)O1. The molecule has 4 aromatic carbocycles. The molecule has 0 bridgehead atoms. The van der Waals surface area contributed by atoms with E-state index in [0.717, 1.165) is 38.9 Å². The first-order valence-corrected chi connectivity index (χ1v) is 19.7. The molecule has 7 rings (SSSR count). The lowest BCUT2D eigenvalue weighted by molar-refractivity contribution is -0.180. The summed E-state index contributed by atoms with van der Waals surface area (Å²) in [6.45, 7) is 9.66. The van der Waals surface area contributed by atoms with Crippen molar-refractivity contribution in [2.75, 3.05) is 23.9 Å². The molecule has 1 amide bonds. The van der Waals surface area contributed by atoms with E-state index < -0.39 is 18.0 Å². The molecule has 0 aliphatic carbocycles. The van der Waals surface area contributed by atoms with E-state index in [1.54, 1.807) is 16.2 Å². The van der Waals surface area contributed by atoms with Gasteiger partial charge in [0.25, 0.3) is 0 Å². The van der Waals surface area contributed by atoms with Crippen LogP contribution < -0.4 is 9.64 Å². The number of nitrogens with zero attached hydrogens (tertiary/aromatic N) is 1. The lowest BCUT2D eigenvalue weighted by Crippen LogP contribution is -2.40. The monoisotopic (exact) mass is 751 g/mol. The molecule has 276 valence electrons. The van der Waals surface area contributed by atoms with Crippen molar-refractivity contribution in [3.63, 3.8) is 0 Å². The highest BCUT2D eigenvalue weighted by Gasteiger charge is 2.40. The smallest absolute Gasteiger partial charge is 0.414 e. The first-order chi connectivity index (χ1) is 25.5. The van der Waals surface area contributed by atoms with Gasteiger partial charge in [-0.2, -0.15) is 0 Å². The lowest BCUT2D eigenvalue weighted by atomic mass is 9.78. The molecule has 9 heteroatoms. The van der Waals surface area contributed by atoms with E-state index in [1.165, 1.54) is 23.6 Å². The van der Waals surface area contributed by atoms with Gasteiger partial charge in [-0.1, -0.05) is 84.9 Å². The van der Waals surface area contributed by atoms with Gasteiger partial charge in [0.15, 0.2) is 0 Å². The Hall–Kier alpha value is -4.37. The van der Waals surface area contributed by atoms with E-state index >= 15 is 0 Å². The third kappa shape index (κ3) is 7.82. The minimum atomic E-state index is -0.721. The maximum Gasteiger partial charge on any atom is 0.414 e. The fraction of sp³-hybridized carbons (Fsp3) is 0.364. The van der Waals surface area contributed by atoms with Gasteiger partial charge >= 0.3 is 12.1 Å². The number of aryl methyl sites for hydroxylation is 1. The first-order valence-electron chi connectivity index (χ1n) is 18.3. The predicted molar refractivity (Wildman–Crippen MR) is 212 cm³/mol. The van der Waals surface area contributed by atoms with E-state index in [9.17, 15) is 9.59 Å². The number of fused-ring (bicyclic) bond motifs is 3. The van der Waals surface area contributed by atoms with Crippen molar-refractivity contribution >= 4 is 50.8 Å². The van der Waals surface area contributed by atoms with Crippen LogP contribution in [0.2, 0.25) is 0 Å². The van der Waals surface area contributed by atoms with Crippen molar-refractivity contribution in [2.24, 2.45) is 0 Å². The minimum Gasteiger partial charge on any atom is -0.463 e. The Kier molecular flexibility index (Phi) is 10.8. The molecule has 1 unspecified atom stereocenters. The zero-order valence-corrected chi connectivity index (χ0v) is 32.4. The van der Waals surface area contributed by atoms with Gasteiger partial charge in [0, 0.05) is 48.6 Å². The molecule has 3 heterocycles. The number of thiophene rings is 1. The van der Waals surface area contributed by atoms with Crippen LogP contribution in [0.1, 0.15) is 91.7 Å². The second-order valence-corrected chi connectivity index (χ2v) is 16.2. The highest BCUT2D eigenvalue weighted by molar-refractivity contribution is 7.17. The summed E-state index contributed by atoms with van der Waals surface area (Å²) in [6.07, 6.45) is -0.0456. The van der Waals surface area contributed by atoms with Gasteiger partial charge in [0.1, 0.15) is 18.0 Å². The maximum absolute atomic E-state index is 13.6. The summed E-state index contributed by atoms with van der Waals surface area (Å²) in [5, 5.41) is 3.18. The number of rotatable bonds is 9. The van der Waals surface area contributed by atoms with Gasteiger partial charge in [-0.15, -0.1) is 22.9 Å². The Bertz CT molecular complexity index is 2040. The number of hydrogen-bond acceptors (Lipinski definition) is 7. The number of anilines is 1. The van der Waals surface area contributed by atoms with Gasteiger partial charge in [-0.25, -0.2) is 4.79 Å². The summed E-state index contributed by atoms with van der Waals surface area (Å²) in [5.74, 6) is 0.409. The van der Waals surface area contributed by atoms with Crippen LogP contribution in [0.3, 0.4) is 0 Å². The largest absolute Gasteiger partial charge is 0.463 e. The first kappa shape index (κ1) is 37.0. The van der Waals surface area contributed by atoms with E-state index in [-0.39, 0.29) is 36.4 Å². The standard InChI is InChI=1S/C44H46ClNO6S/c1-27-26-53-41-37(22-36-40(38(27)41)31(23-45)24-46(36)43(48)52-44(3,4)5)51-42-35(21-20-32(50-42)25-49-28(2)47)33-18-12-13-19-34(33)39(29-14-8-6-9-15-29)30-16-10-7-11-17-30/h6-19,22,26,31-32,35,39,42H,20-21,23-25H2,1-5H3/t31?,32-,35-,42+/m1/s1. The van der Waals surface area contributed by atoms with Crippen LogP contribution >= 0.6 is 22.9 Å². The van der Waals surface area contributed by atoms with Crippen molar-refractivity contribution in [2.45, 2.75) is 83.2 Å². The molecule has 5 aromatic rings. The molecule has 4 atom stereocenters. The van der Waals surface area contributed by atoms with E-state index in [2.05, 4.69) is 85.1 Å². The van der Waals surface area contributed by atoms with E-state index in [4.69, 9.17) is 30.5 Å². The lowest BCUT2D eigenvalue weighted by Gasteiger charge is -2.38. The van der Waals surface area contributed by atoms with Gasteiger partial charge in [0.2, 0.25) is 6.29 Å². The summed E-state index contributed by atoms with van der Waals surface area (Å²) in [4.78, 5) is 27.2. The molecule has 53 heavy (non-hydrogen) atoms. The molecular formula is C44H46ClNO6S. The highest BCUT2D eigenvalue weighted by Crippen LogP contribution is 2.50. The number of benzene rings is 4. The molecule has 1 fully saturated rings. The summed E-state index contributed by atoms with van der Waals surface area (Å²) in [7, 11) is 0. The van der Waals surface area contributed by atoms with Crippen LogP contribution in [0.5, 0.6) is 5.75 Å². The molecule has 2 aliphatic heterocycles. The van der Waals surface area contributed by atoms with Crippen molar-refractivity contribution in [3.8, 4) is 5.75 Å². The number of hydrogen-bond donors (Lipinski definition) is 0. The second kappa shape index (κ2) is 15.5. The van der Waals surface area contributed by atoms with Gasteiger partial charge in [-0.3, -0.25) is 9.69 Å². The predicted octanol–water partition coefficient (Wildman–Crippen LogP) is 10.7. The normalized spacial score (nSPS) is 20.0. The number of alkyl halides is 1. The minimum absolute atomic E-state index is 0.0189. The zero-order valence-electron chi connectivity index (χ0n) is 30.8. The molecule has 0 N–H and O–H groups in total. The third-order valence-electron chi connectivity index (χ3n) is 10.1. The van der Waals surface area contributed by atoms with Crippen LogP contribution in [-0.2, 0) is 19.0 Å². The number of esters is 1. The number of amides is 1. The molecule has 1 saturated heterocycles. The number of ether oxygens (including phenoxy) is 4. The Morgan fingerprint density at radius 1 is 0.962 bits per heavy atom. The third-order valence-corrected chi connectivity index (χ3v) is 11.5. The fourth-order valence-corrected chi connectivity index (χ4v) is 9.06. The maximum atomic E-state index is 13.6. The molecule has 0 spiro atoms. The average Bonchev–Trinajstić information content (AvgIpc) is 3.72. The number of halogens is 1. The van der Waals surface area contributed by atoms with E-state index in [1.807, 2.05) is 39.0 Å². The summed E-state index contributed by atoms with van der Waals surface area (Å²) < 4.78 is 26.2. The topological polar surface area (TPSA) is 74.3 Å². The Balaban J connectivity index is 1.33. The molecule has 0 saturated carbocycles. The van der Waals surface area contributed by atoms with Crippen molar-refractivity contribution in [3.05, 3.63) is 130 Å². The summed E-state index contributed by atoms with van der Waals surface area (Å²) in [6, 6.07) is 31.7. The zero-order chi connectivity index (χ0) is 37.3. The van der Waals surface area contributed by atoms with E-state index in [0.29, 0.717) is 24.6 Å². The highest BCUT2D eigenvalue weighted by atomic mass is 35.5. The van der Waals surface area contributed by atoms with Crippen molar-refractivity contribution in [1.82, 2.24) is 0 Å². The van der Waals surface area contributed by atoms with Crippen molar-refractivity contribution in [1.29, 1.82) is 0 Å². The summed E-state index contributed by atoms with van der Waals surface area (Å²) >= 11 is 8.19. The molecule has 7 nitrogen and oxygen atoms in total. The van der Waals surface area contributed by atoms with Gasteiger partial charge < -0.3 is 18.9 Å². The second-order valence-electron chi connectivity index (χ2n) is 15.0. The molecule has 0 radical (unpaired) electrons. The van der Waals surface area contributed by atoms with Crippen LogP contribution in [0, 0.1) is 6.92 Å². The Morgan fingerprint density at radius 2 is 1.62 bits per heavy atom. The quantitative estimate of drug-likeness (QED) is 0.0848. The van der Waals surface area contributed by atoms with Crippen LogP contribution in [0.4, 0.5) is 10.5 Å².